The Balaban J connectivity index is 1.27. The SMILES string of the molecule is COc1cccc(N(Cc2cccc(C(=O)OC(Cc3c(Cl)c[n+]([O-])cc3Cl)c3ccc(OC)c(OC)c3)c2)C(=O)O[C@H]2CN3CCC2CC3)c1. The highest BCUT2D eigenvalue weighted by Crippen LogP contribution is 2.36. The molecule has 3 aromatic carbocycles. The standard InChI is InChI=1S/C38H39Cl2N3O8/c1-47-29-9-5-8-28(18-29)43(38(45)51-36-23-41-14-12-25(36)13-15-41)20-24-6-4-7-27(16-24)37(44)50-34(19-30-31(39)21-42(46)22-32(30)40)26-10-11-33(48-2)35(17-26)49-3/h4-11,16-18,21-22,25,34,36H,12-15,19-20,23H2,1-3H3/t34?,36-/m0/s1. The minimum atomic E-state index is -0.886. The summed E-state index contributed by atoms with van der Waals surface area (Å²) in [6.07, 6.45) is 2.91. The Bertz CT molecular complexity index is 1860. The number of anilines is 1. The van der Waals surface area contributed by atoms with E-state index >= 15 is 0 Å². The van der Waals surface area contributed by atoms with Crippen LogP contribution in [0.2, 0.25) is 10.0 Å². The summed E-state index contributed by atoms with van der Waals surface area (Å²) < 4.78 is 29.1. The number of hydrogen-bond donors (Lipinski definition) is 0. The molecular formula is C38H39Cl2N3O8. The number of fused-ring (bicyclic) bond motifs is 3. The lowest BCUT2D eigenvalue weighted by Crippen LogP contribution is -2.53. The van der Waals surface area contributed by atoms with Crippen molar-refractivity contribution in [3.8, 4) is 17.2 Å². The number of hydrogen-bond acceptors (Lipinski definition) is 9. The van der Waals surface area contributed by atoms with E-state index in [-0.39, 0.29) is 34.7 Å². The molecule has 2 atom stereocenters. The number of carbonyl (C=O) groups is 2. The van der Waals surface area contributed by atoms with E-state index in [1.165, 1.54) is 26.6 Å². The minimum absolute atomic E-state index is 0.0640. The Labute approximate surface area is 306 Å². The van der Waals surface area contributed by atoms with Gasteiger partial charge in [-0.25, -0.2) is 9.59 Å². The monoisotopic (exact) mass is 735 g/mol. The zero-order valence-corrected chi connectivity index (χ0v) is 30.1. The van der Waals surface area contributed by atoms with Crippen LogP contribution < -0.4 is 23.8 Å². The molecule has 268 valence electrons. The Morgan fingerprint density at radius 3 is 2.31 bits per heavy atom. The average Bonchev–Trinajstić information content (AvgIpc) is 3.15. The topological polar surface area (TPSA) is 114 Å². The molecule has 0 radical (unpaired) electrons. The molecule has 1 amide bonds. The summed E-state index contributed by atoms with van der Waals surface area (Å²) in [6.45, 7) is 2.90. The quantitative estimate of drug-likeness (QED) is 0.0860. The first-order valence-electron chi connectivity index (χ1n) is 16.6. The van der Waals surface area contributed by atoms with Crippen LogP contribution in [0.25, 0.3) is 0 Å². The Hall–Kier alpha value is -4.71. The lowest BCUT2D eigenvalue weighted by atomic mass is 9.86. The highest BCUT2D eigenvalue weighted by molar-refractivity contribution is 6.35. The Morgan fingerprint density at radius 1 is 0.922 bits per heavy atom. The largest absolute Gasteiger partial charge is 0.619 e. The van der Waals surface area contributed by atoms with Crippen molar-refractivity contribution in [1.29, 1.82) is 0 Å². The number of methoxy groups -OCH3 is 3. The number of benzene rings is 3. The normalized spacial score (nSPS) is 18.4. The van der Waals surface area contributed by atoms with Crippen molar-refractivity contribution in [3.63, 3.8) is 0 Å². The van der Waals surface area contributed by atoms with Crippen LogP contribution in [0.15, 0.2) is 79.1 Å². The number of rotatable bonds is 12. The number of carbonyl (C=O) groups excluding carboxylic acids is 2. The molecule has 0 aliphatic carbocycles. The first-order valence-corrected chi connectivity index (χ1v) is 17.3. The van der Waals surface area contributed by atoms with Crippen LogP contribution in [0, 0.1) is 11.1 Å². The maximum Gasteiger partial charge on any atom is 0.414 e. The predicted molar refractivity (Wildman–Crippen MR) is 192 cm³/mol. The van der Waals surface area contributed by atoms with Gasteiger partial charge in [-0.3, -0.25) is 9.80 Å². The van der Waals surface area contributed by atoms with Gasteiger partial charge in [-0.1, -0.05) is 47.5 Å². The molecule has 11 nitrogen and oxygen atoms in total. The van der Waals surface area contributed by atoms with Gasteiger partial charge in [-0.15, -0.1) is 0 Å². The van der Waals surface area contributed by atoms with E-state index in [4.69, 9.17) is 46.9 Å². The molecule has 3 aliphatic heterocycles. The number of pyridine rings is 1. The number of amides is 1. The molecule has 7 rings (SSSR count). The van der Waals surface area contributed by atoms with Crippen molar-refractivity contribution in [2.75, 3.05) is 45.9 Å². The van der Waals surface area contributed by atoms with Gasteiger partial charge in [-0.05, 0) is 79.4 Å². The molecule has 0 saturated carbocycles. The van der Waals surface area contributed by atoms with Gasteiger partial charge in [0.15, 0.2) is 23.9 Å². The fourth-order valence-electron chi connectivity index (χ4n) is 6.65. The van der Waals surface area contributed by atoms with E-state index in [2.05, 4.69) is 4.90 Å². The summed E-state index contributed by atoms with van der Waals surface area (Å²) in [5.74, 6) is 1.24. The fraction of sp³-hybridized carbons (Fsp3) is 0.342. The lowest BCUT2D eigenvalue weighted by Gasteiger charge is -2.44. The fourth-order valence-corrected chi connectivity index (χ4v) is 7.24. The predicted octanol–water partition coefficient (Wildman–Crippen LogP) is 7.03. The third kappa shape index (κ3) is 8.44. The molecule has 4 heterocycles. The summed E-state index contributed by atoms with van der Waals surface area (Å²) in [7, 11) is 4.60. The number of esters is 1. The van der Waals surface area contributed by atoms with Crippen molar-refractivity contribution < 1.29 is 38.0 Å². The van der Waals surface area contributed by atoms with Crippen molar-refractivity contribution in [3.05, 3.63) is 117 Å². The van der Waals surface area contributed by atoms with Gasteiger partial charge >= 0.3 is 12.1 Å². The molecule has 0 N–H and O–H groups in total. The van der Waals surface area contributed by atoms with Crippen LogP contribution in [-0.2, 0) is 22.4 Å². The van der Waals surface area contributed by atoms with E-state index in [0.717, 1.165) is 32.5 Å². The summed E-state index contributed by atoms with van der Waals surface area (Å²) >= 11 is 12.9. The van der Waals surface area contributed by atoms with Crippen LogP contribution in [0.4, 0.5) is 10.5 Å². The number of aromatic nitrogens is 1. The first-order chi connectivity index (χ1) is 24.6. The lowest BCUT2D eigenvalue weighted by molar-refractivity contribution is -0.605. The molecule has 13 heteroatoms. The maximum atomic E-state index is 13.9. The van der Waals surface area contributed by atoms with E-state index in [9.17, 15) is 14.8 Å². The van der Waals surface area contributed by atoms with Gasteiger partial charge in [0.25, 0.3) is 0 Å². The zero-order valence-electron chi connectivity index (χ0n) is 28.6. The Kier molecular flexibility index (Phi) is 11.4. The molecule has 2 bridgehead atoms. The van der Waals surface area contributed by atoms with Gasteiger partial charge < -0.3 is 28.9 Å². The number of piperidine rings is 3. The Morgan fingerprint density at radius 2 is 1.65 bits per heavy atom. The van der Waals surface area contributed by atoms with Gasteiger partial charge in [0, 0.05) is 24.6 Å². The highest BCUT2D eigenvalue weighted by Gasteiger charge is 2.37. The summed E-state index contributed by atoms with van der Waals surface area (Å²) in [5, 5.41) is 12.2. The van der Waals surface area contributed by atoms with Gasteiger partial charge in [-0.2, -0.15) is 4.73 Å². The summed E-state index contributed by atoms with van der Waals surface area (Å²) in [6, 6.07) is 19.3. The van der Waals surface area contributed by atoms with Gasteiger partial charge in [0.1, 0.15) is 28.0 Å². The average molecular weight is 737 g/mol. The van der Waals surface area contributed by atoms with Crippen molar-refractivity contribution in [2.24, 2.45) is 5.92 Å². The first kappa shape index (κ1) is 36.1. The smallest absolute Gasteiger partial charge is 0.414 e. The molecule has 0 spiro atoms. The molecule has 51 heavy (non-hydrogen) atoms. The third-order valence-electron chi connectivity index (χ3n) is 9.41. The van der Waals surface area contributed by atoms with E-state index in [1.54, 1.807) is 60.5 Å². The van der Waals surface area contributed by atoms with E-state index < -0.39 is 18.2 Å². The third-order valence-corrected chi connectivity index (χ3v) is 10.1. The van der Waals surface area contributed by atoms with Crippen LogP contribution in [0.3, 0.4) is 0 Å². The van der Waals surface area contributed by atoms with Crippen LogP contribution in [-0.4, -0.2) is 64.0 Å². The molecular weight excluding hydrogens is 697 g/mol. The molecule has 3 aliphatic rings. The molecule has 3 fully saturated rings. The van der Waals surface area contributed by atoms with Crippen molar-refractivity contribution in [2.45, 2.75) is 38.0 Å². The second kappa shape index (κ2) is 16.1. The maximum absolute atomic E-state index is 13.9. The second-order valence-corrected chi connectivity index (χ2v) is 13.4. The zero-order chi connectivity index (χ0) is 36.1. The molecule has 1 unspecified atom stereocenters. The van der Waals surface area contributed by atoms with Crippen LogP contribution in [0.1, 0.15) is 46.0 Å². The number of ether oxygens (including phenoxy) is 5. The second-order valence-electron chi connectivity index (χ2n) is 12.6. The minimum Gasteiger partial charge on any atom is -0.619 e. The van der Waals surface area contributed by atoms with E-state index in [1.807, 2.05) is 18.2 Å². The molecule has 4 aromatic rings. The van der Waals surface area contributed by atoms with Crippen LogP contribution in [0.5, 0.6) is 17.2 Å². The van der Waals surface area contributed by atoms with Gasteiger partial charge in [0.2, 0.25) is 0 Å². The molecule has 1 aromatic heterocycles. The molecule has 3 saturated heterocycles. The highest BCUT2D eigenvalue weighted by atomic mass is 35.5. The van der Waals surface area contributed by atoms with Gasteiger partial charge in [0.05, 0.1) is 39.1 Å². The summed E-state index contributed by atoms with van der Waals surface area (Å²) in [5.41, 5.74) is 2.55. The number of nitrogens with zero attached hydrogens (tertiary/aromatic N) is 3. The van der Waals surface area contributed by atoms with Crippen LogP contribution >= 0.6 is 23.2 Å². The number of halogens is 2. The van der Waals surface area contributed by atoms with Crippen molar-refractivity contribution in [1.82, 2.24) is 4.90 Å². The van der Waals surface area contributed by atoms with E-state index in [0.29, 0.717) is 50.3 Å². The van der Waals surface area contributed by atoms with Crippen molar-refractivity contribution >= 4 is 41.0 Å². The summed E-state index contributed by atoms with van der Waals surface area (Å²) in [4.78, 5) is 31.6.